The fourth-order valence-electron chi connectivity index (χ4n) is 4.21. The Hall–Kier alpha value is -4.86. The van der Waals surface area contributed by atoms with Gasteiger partial charge in [0.25, 0.3) is 5.96 Å². The molecule has 17 heteroatoms. The lowest BCUT2D eigenvalue weighted by atomic mass is 9.90. The Morgan fingerprint density at radius 1 is 1.15 bits per heavy atom. The predicted octanol–water partition coefficient (Wildman–Crippen LogP) is 6.92. The number of ether oxygens (including phenoxy) is 1. The van der Waals surface area contributed by atoms with Crippen LogP contribution in [0.5, 0.6) is 5.75 Å². The highest BCUT2D eigenvalue weighted by Crippen LogP contribution is 2.30. The first-order chi connectivity index (χ1) is 22.0. The Morgan fingerprint density at radius 3 is 2.41 bits per heavy atom. The minimum atomic E-state index is -2.89. The lowest BCUT2D eigenvalue weighted by Gasteiger charge is -2.16. The molecule has 0 saturated heterocycles. The van der Waals surface area contributed by atoms with Gasteiger partial charge >= 0.3 is 12.6 Å². The van der Waals surface area contributed by atoms with Crippen molar-refractivity contribution in [2.24, 2.45) is 5.10 Å². The number of hydrogen-bond donors (Lipinski definition) is 3. The van der Waals surface area contributed by atoms with Crippen molar-refractivity contribution in [1.82, 2.24) is 20.3 Å². The van der Waals surface area contributed by atoms with Gasteiger partial charge in [-0.05, 0) is 59.7 Å². The van der Waals surface area contributed by atoms with Crippen molar-refractivity contribution in [3.8, 4) is 5.75 Å². The van der Waals surface area contributed by atoms with Crippen molar-refractivity contribution >= 4 is 57.9 Å². The summed E-state index contributed by atoms with van der Waals surface area (Å²) in [5, 5.41) is 25.9. The first-order valence-corrected chi connectivity index (χ1v) is 14.9. The predicted molar refractivity (Wildman–Crippen MR) is 172 cm³/mol. The molecule has 1 atom stereocenters. The Bertz CT molecular complexity index is 1680. The molecule has 1 aromatic heterocycles. The minimum absolute atomic E-state index is 0.0611. The van der Waals surface area contributed by atoms with Crippen LogP contribution in [0.15, 0.2) is 90.2 Å². The number of carbonyl (C=O) groups is 1. The zero-order valence-electron chi connectivity index (χ0n) is 23.9. The third-order valence-corrected chi connectivity index (χ3v) is 7.67. The van der Waals surface area contributed by atoms with Crippen LogP contribution in [0.2, 0.25) is 9.49 Å². The second-order valence-electron chi connectivity index (χ2n) is 9.52. The maximum Gasteiger partial charge on any atom is 0.387 e. The van der Waals surface area contributed by atoms with Gasteiger partial charge in [-0.25, -0.2) is 24.9 Å². The van der Waals surface area contributed by atoms with Gasteiger partial charge in [0, 0.05) is 34.7 Å². The quantitative estimate of drug-likeness (QED) is 0.0786. The summed E-state index contributed by atoms with van der Waals surface area (Å²) in [5.41, 5.74) is 4.74. The van der Waals surface area contributed by atoms with Crippen LogP contribution in [0.25, 0.3) is 0 Å². The second kappa shape index (κ2) is 15.9. The molecule has 0 aliphatic carbocycles. The zero-order valence-corrected chi connectivity index (χ0v) is 26.3. The molecule has 1 unspecified atom stereocenters. The van der Waals surface area contributed by atoms with E-state index in [0.29, 0.717) is 34.0 Å². The minimum Gasteiger partial charge on any atom is -0.435 e. The maximum atomic E-state index is 12.8. The number of hydrazone groups is 1. The summed E-state index contributed by atoms with van der Waals surface area (Å²) in [5.74, 6) is -0.394. The van der Waals surface area contributed by atoms with Crippen molar-refractivity contribution in [1.29, 1.82) is 5.41 Å². The van der Waals surface area contributed by atoms with Crippen LogP contribution in [0.4, 0.5) is 19.3 Å². The van der Waals surface area contributed by atoms with Gasteiger partial charge in [-0.2, -0.15) is 13.9 Å². The van der Waals surface area contributed by atoms with Crippen LogP contribution >= 0.6 is 34.5 Å². The number of nitro groups is 1. The molecule has 4 aromatic rings. The van der Waals surface area contributed by atoms with E-state index in [0.717, 1.165) is 16.0 Å². The highest BCUT2D eigenvalue weighted by atomic mass is 35.5. The van der Waals surface area contributed by atoms with Crippen LogP contribution < -0.4 is 15.5 Å². The van der Waals surface area contributed by atoms with Crippen molar-refractivity contribution in [2.75, 3.05) is 18.9 Å². The number of alkyl halides is 2. The van der Waals surface area contributed by atoms with E-state index in [1.54, 1.807) is 55.1 Å². The van der Waals surface area contributed by atoms with Gasteiger partial charge < -0.3 is 15.0 Å². The molecule has 240 valence electrons. The monoisotopic (exact) mass is 690 g/mol. The van der Waals surface area contributed by atoms with E-state index in [1.807, 2.05) is 30.3 Å². The molecule has 0 radical (unpaired) electrons. The van der Waals surface area contributed by atoms with Gasteiger partial charge in [0.15, 0.2) is 9.50 Å². The number of rotatable bonds is 8. The maximum absolute atomic E-state index is 12.8. The number of nitrogens with zero attached hydrogens (tertiary/aromatic N) is 5. The molecule has 0 spiro atoms. The number of hydrazine groups is 1. The second-order valence-corrected chi connectivity index (χ2v) is 11.7. The normalized spacial score (nSPS) is 13.7. The van der Waals surface area contributed by atoms with E-state index < -0.39 is 11.6 Å². The van der Waals surface area contributed by atoms with E-state index in [4.69, 9.17) is 28.6 Å². The van der Waals surface area contributed by atoms with Gasteiger partial charge in [0.2, 0.25) is 0 Å². The van der Waals surface area contributed by atoms with Crippen molar-refractivity contribution < 1.29 is 23.3 Å². The first-order valence-electron chi connectivity index (χ1n) is 13.3. The number of guanidine groups is 1. The molecule has 0 bridgehead atoms. The summed E-state index contributed by atoms with van der Waals surface area (Å²) >= 11 is 12.8. The van der Waals surface area contributed by atoms with Gasteiger partial charge in [0.1, 0.15) is 5.75 Å². The van der Waals surface area contributed by atoms with Crippen LogP contribution in [-0.2, 0) is 6.54 Å². The van der Waals surface area contributed by atoms with Crippen molar-refractivity contribution in [2.45, 2.75) is 19.1 Å². The lowest BCUT2D eigenvalue weighted by Crippen LogP contribution is -2.40. The van der Waals surface area contributed by atoms with Gasteiger partial charge in [-0.15, -0.1) is 11.3 Å². The first kappa shape index (κ1) is 34.0. The van der Waals surface area contributed by atoms with E-state index in [-0.39, 0.29) is 23.7 Å². The molecule has 12 nitrogen and oxygen atoms in total. The molecule has 0 fully saturated rings. The molecular formula is C29H26Cl2F2N8O4S. The van der Waals surface area contributed by atoms with Crippen molar-refractivity contribution in [3.63, 3.8) is 0 Å². The molecule has 46 heavy (non-hydrogen) atoms. The van der Waals surface area contributed by atoms with Crippen molar-refractivity contribution in [3.05, 3.63) is 121 Å². The summed E-state index contributed by atoms with van der Waals surface area (Å²) < 4.78 is 29.7. The SMILES string of the molecule is CN(Cc1cnc(Cl)s1)C(=N)N[N+](=O)[O-].O=C(Nc1ccc(Cl)cc1)N1CC(c2ccccc2)C(c2ccc(OC(F)F)cc2)=N1. The summed E-state index contributed by atoms with van der Waals surface area (Å²) in [6.07, 6.45) is 1.57. The number of carbonyl (C=O) groups excluding carboxylic acids is 1. The Kier molecular flexibility index (Phi) is 11.8. The summed E-state index contributed by atoms with van der Waals surface area (Å²) in [7, 11) is 1.56. The van der Waals surface area contributed by atoms with Gasteiger partial charge in [-0.3, -0.25) is 5.41 Å². The third-order valence-electron chi connectivity index (χ3n) is 6.32. The number of anilines is 1. The lowest BCUT2D eigenvalue weighted by molar-refractivity contribution is -0.526. The smallest absolute Gasteiger partial charge is 0.387 e. The molecule has 1 aliphatic rings. The summed E-state index contributed by atoms with van der Waals surface area (Å²) in [4.78, 5) is 28.9. The van der Waals surface area contributed by atoms with E-state index in [2.05, 4.69) is 20.1 Å². The summed E-state index contributed by atoms with van der Waals surface area (Å²) in [6, 6.07) is 22.3. The fourth-order valence-corrected chi connectivity index (χ4v) is 5.36. The average Bonchev–Trinajstić information content (AvgIpc) is 3.65. The Labute approximate surface area is 275 Å². The number of benzene rings is 3. The van der Waals surface area contributed by atoms with E-state index in [1.165, 1.54) is 33.4 Å². The fraction of sp³-hybridized carbons (Fsp3) is 0.172. The molecular weight excluding hydrogens is 665 g/mol. The standard InChI is InChI=1S/C23H18ClF2N3O2.C6H8ClN5O2S/c24-17-8-10-18(11-9-17)27-23(30)29-14-20(15-4-2-1-3-5-15)21(28-29)16-6-12-19(13-7-16)31-22(25)26;1-11(6(8)10-12(13)14)3-4-2-9-5(7)15-4/h1-13,20,22H,14H2,(H,27,30);2H,3H2,1H3,(H2,8,10). The topological polar surface area (TPSA) is 149 Å². The summed E-state index contributed by atoms with van der Waals surface area (Å²) in [6.45, 7) is -2.20. The van der Waals surface area contributed by atoms with E-state index >= 15 is 0 Å². The zero-order chi connectivity index (χ0) is 33.2. The molecule has 0 saturated carbocycles. The number of aromatic nitrogens is 1. The van der Waals surface area contributed by atoms with Gasteiger partial charge in [-0.1, -0.05) is 59.0 Å². The van der Waals surface area contributed by atoms with Crippen LogP contribution in [0, 0.1) is 15.5 Å². The van der Waals surface area contributed by atoms with Crippen LogP contribution in [-0.4, -0.2) is 57.8 Å². The third kappa shape index (κ3) is 9.82. The molecule has 2 amide bonds. The molecule has 1 aliphatic heterocycles. The van der Waals surface area contributed by atoms with Crippen LogP contribution in [0.3, 0.4) is 0 Å². The van der Waals surface area contributed by atoms with Crippen LogP contribution in [0.1, 0.15) is 21.9 Å². The number of nitrogens with one attached hydrogen (secondary N) is 3. The molecule has 3 N–H and O–H groups in total. The number of hydrogen-bond acceptors (Lipinski definition) is 8. The molecule has 2 heterocycles. The Morgan fingerprint density at radius 2 is 1.83 bits per heavy atom. The molecule has 5 rings (SSSR count). The molecule has 3 aromatic carbocycles. The number of thiazole rings is 1. The highest BCUT2D eigenvalue weighted by Gasteiger charge is 2.32. The average molecular weight is 692 g/mol. The van der Waals surface area contributed by atoms with Gasteiger partial charge in [0.05, 0.1) is 18.8 Å². The number of halogens is 4. The highest BCUT2D eigenvalue weighted by molar-refractivity contribution is 7.15. The number of amides is 2. The largest absolute Gasteiger partial charge is 0.435 e. The van der Waals surface area contributed by atoms with E-state index in [9.17, 15) is 23.7 Å². The Balaban J connectivity index is 0.000000270. The number of urea groups is 1.